The lowest BCUT2D eigenvalue weighted by Gasteiger charge is -2.05. The van der Waals surface area contributed by atoms with Gasteiger partial charge in [0.1, 0.15) is 5.75 Å². The molecule has 1 aromatic carbocycles. The third-order valence-electron chi connectivity index (χ3n) is 1.99. The molecule has 0 aliphatic carbocycles. The number of phenolic OH excluding ortho intramolecular Hbond substituents is 1. The van der Waals surface area contributed by atoms with E-state index < -0.39 is 5.91 Å². The highest BCUT2D eigenvalue weighted by Crippen LogP contribution is 2.20. The number of amides is 1. The molecule has 3 N–H and O–H groups in total. The number of phenols is 1. The Morgan fingerprint density at radius 1 is 1.53 bits per heavy atom. The Kier molecular flexibility index (Phi) is 3.20. The van der Waals surface area contributed by atoms with Crippen LogP contribution in [0.2, 0.25) is 5.02 Å². The summed E-state index contributed by atoms with van der Waals surface area (Å²) in [5, 5.41) is 25.0. The number of tetrazole rings is 1. The minimum atomic E-state index is -0.421. The molecule has 0 unspecified atom stereocenters. The van der Waals surface area contributed by atoms with Crippen LogP contribution in [0, 0.1) is 0 Å². The molecule has 0 saturated heterocycles. The van der Waals surface area contributed by atoms with Crippen LogP contribution in [-0.2, 0) is 6.54 Å². The van der Waals surface area contributed by atoms with Crippen LogP contribution in [0.3, 0.4) is 0 Å². The van der Waals surface area contributed by atoms with Crippen LogP contribution in [-0.4, -0.2) is 31.6 Å². The van der Waals surface area contributed by atoms with Gasteiger partial charge in [0, 0.05) is 0 Å². The summed E-state index contributed by atoms with van der Waals surface area (Å²) in [7, 11) is 0. The van der Waals surface area contributed by atoms with E-state index in [2.05, 4.69) is 25.9 Å². The lowest BCUT2D eigenvalue weighted by atomic mass is 10.2. The molecule has 0 aliphatic rings. The summed E-state index contributed by atoms with van der Waals surface area (Å²) < 4.78 is 0. The fourth-order valence-electron chi connectivity index (χ4n) is 1.20. The van der Waals surface area contributed by atoms with Crippen molar-refractivity contribution in [3.05, 3.63) is 34.6 Å². The van der Waals surface area contributed by atoms with Gasteiger partial charge in [-0.25, -0.2) is 0 Å². The zero-order valence-electron chi connectivity index (χ0n) is 8.51. The fourth-order valence-corrected chi connectivity index (χ4v) is 1.40. The van der Waals surface area contributed by atoms with Gasteiger partial charge in [0.25, 0.3) is 5.91 Å². The zero-order valence-corrected chi connectivity index (χ0v) is 9.27. The SMILES string of the molecule is O=C(NCc1nn[nH]n1)c1cc(O)ccc1Cl. The zero-order chi connectivity index (χ0) is 12.3. The smallest absolute Gasteiger partial charge is 0.253 e. The maximum absolute atomic E-state index is 11.7. The van der Waals surface area contributed by atoms with Crippen LogP contribution in [0.4, 0.5) is 0 Å². The molecule has 2 rings (SSSR count). The number of benzene rings is 1. The number of halogens is 1. The van der Waals surface area contributed by atoms with Crippen LogP contribution < -0.4 is 5.32 Å². The van der Waals surface area contributed by atoms with E-state index in [1.807, 2.05) is 0 Å². The van der Waals surface area contributed by atoms with Crippen molar-refractivity contribution in [3.63, 3.8) is 0 Å². The van der Waals surface area contributed by atoms with Crippen LogP contribution in [0.15, 0.2) is 18.2 Å². The third kappa shape index (κ3) is 2.70. The van der Waals surface area contributed by atoms with Gasteiger partial charge < -0.3 is 10.4 Å². The van der Waals surface area contributed by atoms with Crippen molar-refractivity contribution < 1.29 is 9.90 Å². The number of carbonyl (C=O) groups is 1. The molecular formula is C9H8ClN5O2. The largest absolute Gasteiger partial charge is 0.508 e. The van der Waals surface area contributed by atoms with Gasteiger partial charge >= 0.3 is 0 Å². The molecule has 7 nitrogen and oxygen atoms in total. The number of hydrogen-bond acceptors (Lipinski definition) is 5. The Bertz CT molecular complexity index is 528. The third-order valence-corrected chi connectivity index (χ3v) is 2.32. The van der Waals surface area contributed by atoms with Crippen molar-refractivity contribution in [2.75, 3.05) is 0 Å². The monoisotopic (exact) mass is 253 g/mol. The number of nitrogens with zero attached hydrogens (tertiary/aromatic N) is 3. The Balaban J connectivity index is 2.07. The van der Waals surface area contributed by atoms with E-state index in [9.17, 15) is 9.90 Å². The first kappa shape index (κ1) is 11.3. The van der Waals surface area contributed by atoms with Gasteiger partial charge in [0.2, 0.25) is 0 Å². The van der Waals surface area contributed by atoms with E-state index in [1.54, 1.807) is 0 Å². The van der Waals surface area contributed by atoms with E-state index >= 15 is 0 Å². The van der Waals surface area contributed by atoms with E-state index in [0.29, 0.717) is 5.82 Å². The summed E-state index contributed by atoms with van der Waals surface area (Å²) in [6.45, 7) is 0.126. The second kappa shape index (κ2) is 4.79. The summed E-state index contributed by atoms with van der Waals surface area (Å²) in [4.78, 5) is 11.7. The molecule has 1 amide bonds. The van der Waals surface area contributed by atoms with E-state index in [-0.39, 0.29) is 22.9 Å². The number of aromatic nitrogens is 4. The number of aromatic amines is 1. The minimum Gasteiger partial charge on any atom is -0.508 e. The average Bonchev–Trinajstić information content (AvgIpc) is 2.82. The van der Waals surface area contributed by atoms with Crippen molar-refractivity contribution >= 4 is 17.5 Å². The molecule has 88 valence electrons. The molecule has 0 spiro atoms. The Labute approximate surface area is 101 Å². The quantitative estimate of drug-likeness (QED) is 0.738. The van der Waals surface area contributed by atoms with Gasteiger partial charge in [-0.3, -0.25) is 4.79 Å². The van der Waals surface area contributed by atoms with Crippen LogP contribution >= 0.6 is 11.6 Å². The van der Waals surface area contributed by atoms with Crippen molar-refractivity contribution in [1.29, 1.82) is 0 Å². The number of aromatic hydroxyl groups is 1. The molecule has 1 aromatic heterocycles. The number of H-pyrrole nitrogens is 1. The summed E-state index contributed by atoms with van der Waals surface area (Å²) in [5.74, 6) is -0.0931. The summed E-state index contributed by atoms with van der Waals surface area (Å²) >= 11 is 5.83. The number of carbonyl (C=O) groups excluding carboxylic acids is 1. The van der Waals surface area contributed by atoms with Gasteiger partial charge in [0.05, 0.1) is 17.1 Å². The van der Waals surface area contributed by atoms with Gasteiger partial charge in [-0.05, 0) is 18.2 Å². The highest BCUT2D eigenvalue weighted by atomic mass is 35.5. The highest BCUT2D eigenvalue weighted by Gasteiger charge is 2.11. The van der Waals surface area contributed by atoms with E-state index in [0.717, 1.165) is 0 Å². The topological polar surface area (TPSA) is 104 Å². The maximum atomic E-state index is 11.7. The number of hydrogen-bond donors (Lipinski definition) is 3. The Morgan fingerprint density at radius 3 is 3.06 bits per heavy atom. The predicted octanol–water partition coefficient (Wildman–Crippen LogP) is 0.489. The maximum Gasteiger partial charge on any atom is 0.253 e. The molecule has 0 fully saturated rings. The molecular weight excluding hydrogens is 246 g/mol. The minimum absolute atomic E-state index is 0.0286. The van der Waals surface area contributed by atoms with Gasteiger partial charge in [-0.15, -0.1) is 10.2 Å². The predicted molar refractivity (Wildman–Crippen MR) is 58.5 cm³/mol. The first-order chi connectivity index (χ1) is 8.16. The van der Waals surface area contributed by atoms with Crippen molar-refractivity contribution in [2.24, 2.45) is 0 Å². The van der Waals surface area contributed by atoms with E-state index in [1.165, 1.54) is 18.2 Å². The average molecular weight is 254 g/mol. The fraction of sp³-hybridized carbons (Fsp3) is 0.111. The van der Waals surface area contributed by atoms with Gasteiger partial charge in [-0.2, -0.15) is 5.21 Å². The second-order valence-corrected chi connectivity index (χ2v) is 3.58. The highest BCUT2D eigenvalue weighted by molar-refractivity contribution is 6.33. The van der Waals surface area contributed by atoms with Crippen LogP contribution in [0.1, 0.15) is 16.2 Å². The molecule has 0 radical (unpaired) electrons. The van der Waals surface area contributed by atoms with Crippen molar-refractivity contribution in [3.8, 4) is 5.75 Å². The summed E-state index contributed by atoms with van der Waals surface area (Å²) in [6, 6.07) is 4.13. The number of rotatable bonds is 3. The lowest BCUT2D eigenvalue weighted by molar-refractivity contribution is 0.0949. The molecule has 2 aromatic rings. The normalized spacial score (nSPS) is 10.2. The second-order valence-electron chi connectivity index (χ2n) is 3.17. The van der Waals surface area contributed by atoms with Crippen LogP contribution in [0.5, 0.6) is 5.75 Å². The molecule has 0 saturated carbocycles. The Hall–Kier alpha value is -2.15. The Morgan fingerprint density at radius 2 is 2.35 bits per heavy atom. The molecule has 17 heavy (non-hydrogen) atoms. The standard InChI is InChI=1S/C9H8ClN5O2/c10-7-2-1-5(16)3-6(7)9(17)11-4-8-12-14-15-13-8/h1-3,16H,4H2,(H,11,17)(H,12,13,14,15). The summed E-state index contributed by atoms with van der Waals surface area (Å²) in [5.41, 5.74) is 0.190. The van der Waals surface area contributed by atoms with Crippen LogP contribution in [0.25, 0.3) is 0 Å². The van der Waals surface area contributed by atoms with Gasteiger partial charge in [-0.1, -0.05) is 16.8 Å². The van der Waals surface area contributed by atoms with Crippen molar-refractivity contribution in [2.45, 2.75) is 6.54 Å². The lowest BCUT2D eigenvalue weighted by Crippen LogP contribution is -2.23. The molecule has 1 heterocycles. The molecule has 0 atom stereocenters. The molecule has 8 heteroatoms. The molecule has 0 aliphatic heterocycles. The first-order valence-electron chi connectivity index (χ1n) is 4.66. The first-order valence-corrected chi connectivity index (χ1v) is 5.03. The number of nitrogens with one attached hydrogen (secondary N) is 2. The van der Waals surface area contributed by atoms with E-state index in [4.69, 9.17) is 11.6 Å². The van der Waals surface area contributed by atoms with Gasteiger partial charge in [0.15, 0.2) is 5.82 Å². The van der Waals surface area contributed by atoms with Crippen molar-refractivity contribution in [1.82, 2.24) is 25.9 Å². The summed E-state index contributed by atoms with van der Waals surface area (Å²) in [6.07, 6.45) is 0. The molecule has 0 bridgehead atoms.